The Balaban J connectivity index is 2.50. The van der Waals surface area contributed by atoms with Crippen molar-refractivity contribution in [3.63, 3.8) is 0 Å². The first-order valence-electron chi connectivity index (χ1n) is 7.19. The van der Waals surface area contributed by atoms with Gasteiger partial charge in [-0.3, -0.25) is 19.7 Å². The minimum atomic E-state index is -0.694. The summed E-state index contributed by atoms with van der Waals surface area (Å²) in [4.78, 5) is 34.7. The van der Waals surface area contributed by atoms with Crippen LogP contribution in [0, 0.1) is 17.0 Å². The fraction of sp³-hybridized carbons (Fsp3) is 0.267. The topological polar surface area (TPSA) is 127 Å². The molecule has 0 saturated heterocycles. The molecule has 1 heterocycles. The summed E-state index contributed by atoms with van der Waals surface area (Å²) in [5.41, 5.74) is -0.616. The molecule has 0 unspecified atom stereocenters. The Bertz CT molecular complexity index is 831. The summed E-state index contributed by atoms with van der Waals surface area (Å²) in [5, 5.41) is 26.3. The normalized spacial score (nSPS) is 10.4. The number of nitro benzene ring substituents is 1. The van der Waals surface area contributed by atoms with Crippen LogP contribution < -0.4 is 10.7 Å². The molecule has 2 aromatic rings. The first kappa shape index (κ1) is 17.3. The average molecular weight is 332 g/mol. The van der Waals surface area contributed by atoms with E-state index in [2.05, 4.69) is 10.4 Å². The maximum Gasteiger partial charge on any atom is 0.294 e. The Labute approximate surface area is 136 Å². The number of hydrogen-bond donors (Lipinski definition) is 2. The Hall–Kier alpha value is -3.07. The highest BCUT2D eigenvalue weighted by Crippen LogP contribution is 2.22. The Morgan fingerprint density at radius 3 is 2.79 bits per heavy atom. The number of carbonyl (C=O) groups is 1. The number of nitro groups is 1. The predicted octanol–water partition coefficient (Wildman–Crippen LogP) is 0.561. The molecule has 0 saturated carbocycles. The third-order valence-corrected chi connectivity index (χ3v) is 3.25. The molecule has 0 fully saturated rings. The van der Waals surface area contributed by atoms with E-state index in [4.69, 9.17) is 5.11 Å². The molecule has 2 rings (SSSR count). The number of nitrogens with one attached hydrogen (secondary N) is 1. The highest BCUT2D eigenvalue weighted by Gasteiger charge is 2.19. The molecule has 1 aromatic heterocycles. The molecule has 24 heavy (non-hydrogen) atoms. The molecule has 0 atom stereocenters. The van der Waals surface area contributed by atoms with Crippen molar-refractivity contribution in [1.82, 2.24) is 15.1 Å². The van der Waals surface area contributed by atoms with Crippen molar-refractivity contribution in [2.24, 2.45) is 0 Å². The van der Waals surface area contributed by atoms with Gasteiger partial charge < -0.3 is 10.4 Å². The Kier molecular flexibility index (Phi) is 5.38. The van der Waals surface area contributed by atoms with Crippen molar-refractivity contribution < 1.29 is 14.8 Å². The number of nitrogens with zero attached hydrogens (tertiary/aromatic N) is 3. The molecule has 9 heteroatoms. The third-order valence-electron chi connectivity index (χ3n) is 3.25. The monoisotopic (exact) mass is 332 g/mol. The highest BCUT2D eigenvalue weighted by atomic mass is 16.6. The number of aryl methyl sites for hydroxylation is 1. The lowest BCUT2D eigenvalue weighted by Gasteiger charge is -2.11. The van der Waals surface area contributed by atoms with Crippen molar-refractivity contribution in [3.8, 4) is 5.69 Å². The molecule has 126 valence electrons. The van der Waals surface area contributed by atoms with Gasteiger partial charge in [0.2, 0.25) is 5.43 Å². The van der Waals surface area contributed by atoms with Gasteiger partial charge in [0.15, 0.2) is 5.69 Å². The summed E-state index contributed by atoms with van der Waals surface area (Å²) in [7, 11) is 0. The van der Waals surface area contributed by atoms with Crippen LogP contribution in [0.2, 0.25) is 0 Å². The zero-order chi connectivity index (χ0) is 17.7. The van der Waals surface area contributed by atoms with Gasteiger partial charge in [-0.2, -0.15) is 5.10 Å². The van der Waals surface area contributed by atoms with Gasteiger partial charge in [-0.1, -0.05) is 12.1 Å². The van der Waals surface area contributed by atoms with Crippen LogP contribution in [-0.2, 0) is 0 Å². The van der Waals surface area contributed by atoms with E-state index in [0.717, 1.165) is 0 Å². The van der Waals surface area contributed by atoms with E-state index in [1.165, 1.54) is 28.9 Å². The second kappa shape index (κ2) is 7.47. The summed E-state index contributed by atoms with van der Waals surface area (Å²) < 4.78 is 1.19. The number of aliphatic hydroxyl groups excluding tert-OH is 1. The average Bonchev–Trinajstić information content (AvgIpc) is 2.55. The fourth-order valence-electron chi connectivity index (χ4n) is 2.11. The van der Waals surface area contributed by atoms with Crippen LogP contribution in [0.5, 0.6) is 0 Å². The van der Waals surface area contributed by atoms with E-state index in [-0.39, 0.29) is 30.2 Å². The molecular formula is C15H16N4O5. The summed E-state index contributed by atoms with van der Waals surface area (Å²) in [5.74, 6) is -0.694. The minimum absolute atomic E-state index is 0.0952. The fourth-order valence-corrected chi connectivity index (χ4v) is 2.11. The van der Waals surface area contributed by atoms with Crippen LogP contribution in [0.1, 0.15) is 22.6 Å². The molecule has 1 amide bonds. The molecule has 0 spiro atoms. The number of amides is 1. The highest BCUT2D eigenvalue weighted by molar-refractivity contribution is 5.92. The minimum Gasteiger partial charge on any atom is -0.396 e. The standard InChI is InChI=1S/C15H16N4O5/c1-10-9-13(21)14(15(22)16-7-4-8-20)17-18(10)11-5-2-3-6-12(11)19(23)24/h2-3,5-6,9,20H,4,7-8H2,1H3,(H,16,22). The molecule has 2 N–H and O–H groups in total. The first-order valence-corrected chi connectivity index (χ1v) is 7.19. The molecule has 0 aliphatic carbocycles. The van der Waals surface area contributed by atoms with Crippen LogP contribution in [0.3, 0.4) is 0 Å². The van der Waals surface area contributed by atoms with Gasteiger partial charge in [-0.15, -0.1) is 0 Å². The first-order chi connectivity index (χ1) is 11.5. The van der Waals surface area contributed by atoms with E-state index in [9.17, 15) is 19.7 Å². The number of benzene rings is 1. The van der Waals surface area contributed by atoms with E-state index >= 15 is 0 Å². The SMILES string of the molecule is Cc1cc(=O)c(C(=O)NCCCO)nn1-c1ccccc1[N+](=O)[O-]. The molecule has 0 aliphatic rings. The van der Waals surface area contributed by atoms with Crippen molar-refractivity contribution >= 4 is 11.6 Å². The number of aromatic nitrogens is 2. The summed E-state index contributed by atoms with van der Waals surface area (Å²) in [6, 6.07) is 7.11. The summed E-state index contributed by atoms with van der Waals surface area (Å²) >= 11 is 0. The van der Waals surface area contributed by atoms with Crippen LogP contribution in [0.25, 0.3) is 5.69 Å². The van der Waals surface area contributed by atoms with Gasteiger partial charge >= 0.3 is 0 Å². The van der Waals surface area contributed by atoms with Crippen LogP contribution in [0.15, 0.2) is 35.1 Å². The maximum absolute atomic E-state index is 12.1. The van der Waals surface area contributed by atoms with E-state index in [1.54, 1.807) is 13.0 Å². The molecule has 1 aromatic carbocycles. The summed E-state index contributed by atoms with van der Waals surface area (Å²) in [6.45, 7) is 1.66. The number of hydrogen-bond acceptors (Lipinski definition) is 6. The number of rotatable bonds is 6. The van der Waals surface area contributed by atoms with Crippen molar-refractivity contribution in [2.75, 3.05) is 13.2 Å². The van der Waals surface area contributed by atoms with Crippen LogP contribution in [-0.4, -0.2) is 38.9 Å². The van der Waals surface area contributed by atoms with Crippen molar-refractivity contribution in [3.05, 3.63) is 62.1 Å². The quantitative estimate of drug-likeness (QED) is 0.452. The van der Waals surface area contributed by atoms with Crippen LogP contribution >= 0.6 is 0 Å². The predicted molar refractivity (Wildman–Crippen MR) is 85.3 cm³/mol. The lowest BCUT2D eigenvalue weighted by molar-refractivity contribution is -0.384. The molecule has 0 bridgehead atoms. The lowest BCUT2D eigenvalue weighted by atomic mass is 10.2. The second-order valence-corrected chi connectivity index (χ2v) is 4.99. The van der Waals surface area contributed by atoms with E-state index < -0.39 is 16.3 Å². The van der Waals surface area contributed by atoms with Gasteiger partial charge in [-0.25, -0.2) is 4.68 Å². The van der Waals surface area contributed by atoms with Crippen molar-refractivity contribution in [1.29, 1.82) is 0 Å². The third kappa shape index (κ3) is 3.63. The molecule has 0 radical (unpaired) electrons. The van der Waals surface area contributed by atoms with Crippen molar-refractivity contribution in [2.45, 2.75) is 13.3 Å². The Morgan fingerprint density at radius 1 is 1.42 bits per heavy atom. The van der Waals surface area contributed by atoms with Gasteiger partial charge in [-0.05, 0) is 19.4 Å². The van der Waals surface area contributed by atoms with Gasteiger partial charge in [0.25, 0.3) is 11.6 Å². The number of para-hydroxylation sites is 2. The molecule has 9 nitrogen and oxygen atoms in total. The van der Waals surface area contributed by atoms with Crippen LogP contribution in [0.4, 0.5) is 5.69 Å². The number of aliphatic hydroxyl groups is 1. The second-order valence-electron chi connectivity index (χ2n) is 4.99. The van der Waals surface area contributed by atoms with E-state index in [0.29, 0.717) is 12.1 Å². The smallest absolute Gasteiger partial charge is 0.294 e. The zero-order valence-corrected chi connectivity index (χ0v) is 12.9. The Morgan fingerprint density at radius 2 is 2.12 bits per heavy atom. The maximum atomic E-state index is 12.1. The lowest BCUT2D eigenvalue weighted by Crippen LogP contribution is -2.32. The van der Waals surface area contributed by atoms with Gasteiger partial charge in [0.1, 0.15) is 5.69 Å². The molecule has 0 aliphatic heterocycles. The number of carbonyl (C=O) groups excluding carboxylic acids is 1. The van der Waals surface area contributed by atoms with Gasteiger partial charge in [0, 0.05) is 31.0 Å². The zero-order valence-electron chi connectivity index (χ0n) is 12.9. The largest absolute Gasteiger partial charge is 0.396 e. The summed E-state index contributed by atoms with van der Waals surface area (Å²) in [6.07, 6.45) is 0.343. The van der Waals surface area contributed by atoms with Gasteiger partial charge in [0.05, 0.1) is 4.92 Å². The van der Waals surface area contributed by atoms with E-state index in [1.807, 2.05) is 0 Å². The molecular weight excluding hydrogens is 316 g/mol.